The van der Waals surface area contributed by atoms with Gasteiger partial charge in [0.15, 0.2) is 3.95 Å². The Morgan fingerprint density at radius 2 is 2.00 bits per heavy atom. The van der Waals surface area contributed by atoms with E-state index in [-0.39, 0.29) is 18.3 Å². The first kappa shape index (κ1) is 18.3. The molecule has 1 amide bonds. The van der Waals surface area contributed by atoms with Crippen molar-refractivity contribution >= 4 is 58.7 Å². The Labute approximate surface area is 171 Å². The highest BCUT2D eigenvalue weighted by atomic mass is 32.1. The highest BCUT2D eigenvalue weighted by molar-refractivity contribution is 7.73. The van der Waals surface area contributed by atoms with Crippen molar-refractivity contribution in [3.8, 4) is 5.88 Å². The summed E-state index contributed by atoms with van der Waals surface area (Å²) in [6.45, 7) is 1.87. The van der Waals surface area contributed by atoms with Crippen LogP contribution in [0, 0.1) is 10.9 Å². The minimum atomic E-state index is -0.245. The van der Waals surface area contributed by atoms with Crippen molar-refractivity contribution in [2.75, 3.05) is 5.32 Å². The normalized spacial score (nSPS) is 13.7. The fourth-order valence-electron chi connectivity index (χ4n) is 2.99. The van der Waals surface area contributed by atoms with Crippen LogP contribution >= 0.6 is 23.6 Å². The number of nitrogens with one attached hydrogen (secondary N) is 1. The molecule has 28 heavy (non-hydrogen) atoms. The molecule has 2 heterocycles. The minimum absolute atomic E-state index is 0.0137. The van der Waals surface area contributed by atoms with E-state index in [0.29, 0.717) is 8.83 Å². The maximum Gasteiger partial charge on any atom is 0.244 e. The summed E-state index contributed by atoms with van der Waals surface area (Å²) in [5.74, 6) is -0.259. The molecule has 0 fully saturated rings. The molecule has 0 spiro atoms. The number of hydrogen-bond donors (Lipinski definition) is 2. The standard InChI is InChI=1S/C21H17N3O2S2/c1-13-6-2-4-8-16(13)23-19(25)12-24-20(26)18(28-21(24)27)10-14-11-22-17-9-5-3-7-15(14)17/h2-11,26H,12H2,1H3,(H,23,25)/b14-10+. The van der Waals surface area contributed by atoms with Crippen LogP contribution < -0.4 is 5.32 Å². The highest BCUT2D eigenvalue weighted by Gasteiger charge is 2.17. The topological polar surface area (TPSA) is 66.6 Å². The second-order valence-electron chi connectivity index (χ2n) is 6.38. The van der Waals surface area contributed by atoms with Gasteiger partial charge in [-0.3, -0.25) is 14.4 Å². The molecule has 3 aromatic rings. The van der Waals surface area contributed by atoms with Gasteiger partial charge in [0.1, 0.15) is 6.54 Å². The Morgan fingerprint density at radius 3 is 2.82 bits per heavy atom. The molecule has 1 aromatic heterocycles. The fraction of sp³-hybridized carbons (Fsp3) is 0.0952. The van der Waals surface area contributed by atoms with Crippen LogP contribution in [0.2, 0.25) is 0 Å². The molecule has 0 radical (unpaired) electrons. The zero-order valence-electron chi connectivity index (χ0n) is 15.0. The van der Waals surface area contributed by atoms with E-state index in [1.165, 1.54) is 15.9 Å². The van der Waals surface area contributed by atoms with E-state index in [9.17, 15) is 9.90 Å². The van der Waals surface area contributed by atoms with Crippen molar-refractivity contribution in [2.45, 2.75) is 13.5 Å². The van der Waals surface area contributed by atoms with Gasteiger partial charge in [-0.2, -0.15) is 0 Å². The molecule has 1 aliphatic heterocycles. The van der Waals surface area contributed by atoms with Gasteiger partial charge < -0.3 is 10.4 Å². The summed E-state index contributed by atoms with van der Waals surface area (Å²) in [7, 11) is 0. The number of benzene rings is 2. The quantitative estimate of drug-likeness (QED) is 0.585. The number of nitrogens with zero attached hydrogens (tertiary/aromatic N) is 2. The van der Waals surface area contributed by atoms with Crippen LogP contribution in [0.25, 0.3) is 11.6 Å². The number of aliphatic imine (C=N–C) groups is 1. The third-order valence-electron chi connectivity index (χ3n) is 4.46. The number of anilines is 1. The van der Waals surface area contributed by atoms with Crippen molar-refractivity contribution in [1.29, 1.82) is 0 Å². The molecule has 0 saturated heterocycles. The van der Waals surface area contributed by atoms with Gasteiger partial charge in [-0.05, 0) is 42.9 Å². The van der Waals surface area contributed by atoms with Crippen molar-refractivity contribution < 1.29 is 9.90 Å². The molecule has 0 atom stereocenters. The summed E-state index contributed by atoms with van der Waals surface area (Å²) in [6.07, 6.45) is 3.61. The number of aromatic hydroxyl groups is 1. The lowest BCUT2D eigenvalue weighted by atomic mass is 10.1. The lowest BCUT2D eigenvalue weighted by Crippen LogP contribution is -2.19. The van der Waals surface area contributed by atoms with E-state index in [1.54, 1.807) is 6.21 Å². The zero-order valence-corrected chi connectivity index (χ0v) is 16.7. The number of hydrogen-bond acceptors (Lipinski definition) is 5. The molecule has 140 valence electrons. The molecule has 2 aromatic carbocycles. The van der Waals surface area contributed by atoms with Gasteiger partial charge in [0, 0.05) is 23.0 Å². The Kier molecular flexibility index (Phi) is 4.93. The number of allylic oxidation sites excluding steroid dienone is 1. The Balaban J connectivity index is 1.58. The number of fused-ring (bicyclic) bond motifs is 1. The van der Waals surface area contributed by atoms with Crippen molar-refractivity contribution in [2.24, 2.45) is 4.99 Å². The van der Waals surface area contributed by atoms with Crippen LogP contribution in [0.1, 0.15) is 16.0 Å². The molecular weight excluding hydrogens is 390 g/mol. The molecule has 7 heteroatoms. The second-order valence-corrected chi connectivity index (χ2v) is 8.06. The van der Waals surface area contributed by atoms with Gasteiger partial charge in [0.25, 0.3) is 0 Å². The van der Waals surface area contributed by atoms with E-state index in [4.69, 9.17) is 12.2 Å². The maximum atomic E-state index is 12.4. The molecule has 0 unspecified atom stereocenters. The largest absolute Gasteiger partial charge is 0.493 e. The van der Waals surface area contributed by atoms with Crippen molar-refractivity contribution in [3.63, 3.8) is 0 Å². The number of carbonyl (C=O) groups is 1. The van der Waals surface area contributed by atoms with Gasteiger partial charge >= 0.3 is 0 Å². The molecule has 0 saturated carbocycles. The lowest BCUT2D eigenvalue weighted by molar-refractivity contribution is -0.116. The van der Waals surface area contributed by atoms with E-state index in [0.717, 1.165) is 28.1 Å². The third kappa shape index (κ3) is 3.54. The zero-order chi connectivity index (χ0) is 19.7. The molecule has 1 aliphatic rings. The monoisotopic (exact) mass is 407 g/mol. The van der Waals surface area contributed by atoms with Crippen LogP contribution in [-0.2, 0) is 11.3 Å². The molecular formula is C21H17N3O2S2. The number of carbonyl (C=O) groups excluding carboxylic acids is 1. The first-order valence-electron chi connectivity index (χ1n) is 8.66. The number of rotatable bonds is 4. The van der Waals surface area contributed by atoms with Crippen LogP contribution in [0.15, 0.2) is 53.5 Å². The van der Waals surface area contributed by atoms with Gasteiger partial charge in [-0.15, -0.1) is 11.3 Å². The summed E-state index contributed by atoms with van der Waals surface area (Å²) in [4.78, 5) is 17.4. The van der Waals surface area contributed by atoms with Crippen molar-refractivity contribution in [3.05, 3.63) is 68.5 Å². The second kappa shape index (κ2) is 7.53. The SMILES string of the molecule is Cc1ccccc1NC(=O)Cn1c(O)c(/C=C2\C=Nc3ccccc32)sc1=S. The average Bonchev–Trinajstić information content (AvgIpc) is 3.20. The number of aromatic nitrogens is 1. The van der Waals surface area contributed by atoms with Crippen LogP contribution in [0.5, 0.6) is 5.88 Å². The summed E-state index contributed by atoms with van der Waals surface area (Å²) in [5, 5.41) is 13.5. The third-order valence-corrected chi connectivity index (χ3v) is 5.84. The van der Waals surface area contributed by atoms with E-state index >= 15 is 0 Å². The number of aryl methyl sites for hydroxylation is 1. The molecule has 0 aliphatic carbocycles. The summed E-state index contributed by atoms with van der Waals surface area (Å²) in [6, 6.07) is 15.3. The van der Waals surface area contributed by atoms with E-state index in [1.807, 2.05) is 61.5 Å². The summed E-state index contributed by atoms with van der Waals surface area (Å²) < 4.78 is 1.88. The first-order chi connectivity index (χ1) is 13.5. The lowest BCUT2D eigenvalue weighted by Gasteiger charge is -2.09. The Hall–Kier alpha value is -3.03. The molecule has 0 bridgehead atoms. The van der Waals surface area contributed by atoms with Gasteiger partial charge in [-0.25, -0.2) is 0 Å². The summed E-state index contributed by atoms with van der Waals surface area (Å²) >= 11 is 6.63. The smallest absolute Gasteiger partial charge is 0.244 e. The maximum absolute atomic E-state index is 12.4. The number of amides is 1. The molecule has 2 N–H and O–H groups in total. The average molecular weight is 408 g/mol. The van der Waals surface area contributed by atoms with Crippen LogP contribution in [0.4, 0.5) is 11.4 Å². The number of thiazole rings is 1. The van der Waals surface area contributed by atoms with E-state index < -0.39 is 0 Å². The van der Waals surface area contributed by atoms with E-state index in [2.05, 4.69) is 10.3 Å². The van der Waals surface area contributed by atoms with Crippen LogP contribution in [0.3, 0.4) is 0 Å². The minimum Gasteiger partial charge on any atom is -0.493 e. The fourth-order valence-corrected chi connectivity index (χ4v) is 4.25. The Bertz CT molecular complexity index is 1190. The van der Waals surface area contributed by atoms with Gasteiger partial charge in [0.05, 0.1) is 10.6 Å². The van der Waals surface area contributed by atoms with Gasteiger partial charge in [-0.1, -0.05) is 36.4 Å². The van der Waals surface area contributed by atoms with Gasteiger partial charge in [0.2, 0.25) is 11.8 Å². The highest BCUT2D eigenvalue weighted by Crippen LogP contribution is 2.35. The first-order valence-corrected chi connectivity index (χ1v) is 9.88. The van der Waals surface area contributed by atoms with Crippen molar-refractivity contribution in [1.82, 2.24) is 4.57 Å². The number of para-hydroxylation sites is 2. The van der Waals surface area contributed by atoms with Crippen LogP contribution in [-0.4, -0.2) is 21.8 Å². The molecule has 4 rings (SSSR count). The molecule has 5 nitrogen and oxygen atoms in total. The predicted octanol–water partition coefficient (Wildman–Crippen LogP) is 5.19. The predicted molar refractivity (Wildman–Crippen MR) is 117 cm³/mol. The Morgan fingerprint density at radius 1 is 1.25 bits per heavy atom. The summed E-state index contributed by atoms with van der Waals surface area (Å²) in [5.41, 5.74) is 4.52.